The molecule has 4 heteroatoms. The average Bonchev–Trinajstić information content (AvgIpc) is 2.98. The van der Waals surface area contributed by atoms with Gasteiger partial charge in [0.1, 0.15) is 5.65 Å². The summed E-state index contributed by atoms with van der Waals surface area (Å²) in [7, 11) is 2.10. The van der Waals surface area contributed by atoms with E-state index in [0.717, 1.165) is 24.3 Å². The molecule has 2 heterocycles. The summed E-state index contributed by atoms with van der Waals surface area (Å²) >= 11 is 0. The highest BCUT2D eigenvalue weighted by molar-refractivity contribution is 5.48. The van der Waals surface area contributed by atoms with Crippen LogP contribution in [-0.2, 0) is 6.54 Å². The molecule has 3 aromatic rings. The van der Waals surface area contributed by atoms with E-state index in [1.54, 1.807) is 0 Å². The molecule has 0 bridgehead atoms. The Morgan fingerprint density at radius 2 is 1.96 bits per heavy atom. The Morgan fingerprint density at radius 3 is 2.70 bits per heavy atom. The van der Waals surface area contributed by atoms with Crippen LogP contribution in [0.5, 0.6) is 0 Å². The normalized spacial score (nSPS) is 12.9. The van der Waals surface area contributed by atoms with Crippen molar-refractivity contribution in [2.45, 2.75) is 25.9 Å². The van der Waals surface area contributed by atoms with Gasteiger partial charge in [0, 0.05) is 25.4 Å². The van der Waals surface area contributed by atoms with Crippen molar-refractivity contribution in [1.29, 1.82) is 0 Å². The minimum Gasteiger partial charge on any atom is -0.396 e. The summed E-state index contributed by atoms with van der Waals surface area (Å²) in [4.78, 5) is 6.81. The van der Waals surface area contributed by atoms with Crippen LogP contribution in [-0.4, -0.2) is 33.0 Å². The zero-order valence-electron chi connectivity index (χ0n) is 13.7. The monoisotopic (exact) mass is 309 g/mol. The van der Waals surface area contributed by atoms with Crippen LogP contribution in [0.1, 0.15) is 29.3 Å². The lowest BCUT2D eigenvalue weighted by molar-refractivity contribution is 0.178. The number of pyridine rings is 1. The molecule has 2 aromatic heterocycles. The molecule has 0 radical (unpaired) electrons. The number of aliphatic hydroxyl groups is 1. The number of benzene rings is 1. The van der Waals surface area contributed by atoms with E-state index in [0.29, 0.717) is 0 Å². The lowest BCUT2D eigenvalue weighted by Crippen LogP contribution is -2.25. The Labute approximate surface area is 137 Å². The standard InChI is InChI=1S/C19H23N3O/c1-15-7-6-11-22-17(13-20-19(15)22)14-21(2)18(10-12-23)16-8-4-3-5-9-16/h3-9,11,13,18,23H,10,12,14H2,1-2H3. The van der Waals surface area contributed by atoms with Crippen LogP contribution < -0.4 is 0 Å². The third-order valence-electron chi connectivity index (χ3n) is 4.34. The van der Waals surface area contributed by atoms with Gasteiger partial charge in [0.25, 0.3) is 0 Å². The smallest absolute Gasteiger partial charge is 0.139 e. The first-order valence-corrected chi connectivity index (χ1v) is 7.98. The van der Waals surface area contributed by atoms with E-state index in [-0.39, 0.29) is 12.6 Å². The number of hydrogen-bond acceptors (Lipinski definition) is 3. The van der Waals surface area contributed by atoms with Crippen molar-refractivity contribution in [3.05, 3.63) is 71.7 Å². The van der Waals surface area contributed by atoms with Crippen LogP contribution in [0.4, 0.5) is 0 Å². The second kappa shape index (κ2) is 6.94. The topological polar surface area (TPSA) is 40.8 Å². The fraction of sp³-hybridized carbons (Fsp3) is 0.316. The summed E-state index contributed by atoms with van der Waals surface area (Å²) in [5.41, 5.74) is 4.57. The Balaban J connectivity index is 1.86. The van der Waals surface area contributed by atoms with Gasteiger partial charge in [-0.15, -0.1) is 0 Å². The third kappa shape index (κ3) is 3.28. The number of fused-ring (bicyclic) bond motifs is 1. The molecular weight excluding hydrogens is 286 g/mol. The van der Waals surface area contributed by atoms with Crippen LogP contribution in [0, 0.1) is 6.92 Å². The fourth-order valence-corrected chi connectivity index (χ4v) is 3.12. The SMILES string of the molecule is Cc1cccn2c(CN(C)C(CCO)c3ccccc3)cnc12. The number of aliphatic hydroxyl groups excluding tert-OH is 1. The molecule has 1 N–H and O–H groups in total. The quantitative estimate of drug-likeness (QED) is 0.760. The lowest BCUT2D eigenvalue weighted by atomic mass is 10.0. The zero-order chi connectivity index (χ0) is 16.2. The van der Waals surface area contributed by atoms with Crippen LogP contribution >= 0.6 is 0 Å². The average molecular weight is 309 g/mol. The first kappa shape index (κ1) is 15.7. The van der Waals surface area contributed by atoms with Crippen molar-refractivity contribution in [1.82, 2.24) is 14.3 Å². The van der Waals surface area contributed by atoms with Crippen LogP contribution in [0.15, 0.2) is 54.9 Å². The van der Waals surface area contributed by atoms with E-state index in [4.69, 9.17) is 0 Å². The molecule has 0 fully saturated rings. The predicted octanol–water partition coefficient (Wildman–Crippen LogP) is 3.20. The molecule has 1 aromatic carbocycles. The highest BCUT2D eigenvalue weighted by Crippen LogP contribution is 2.24. The van der Waals surface area contributed by atoms with Gasteiger partial charge in [0.15, 0.2) is 0 Å². The summed E-state index contributed by atoms with van der Waals surface area (Å²) in [5, 5.41) is 9.44. The summed E-state index contributed by atoms with van der Waals surface area (Å²) in [6.45, 7) is 3.04. The maximum atomic E-state index is 9.44. The van der Waals surface area contributed by atoms with Gasteiger partial charge in [-0.1, -0.05) is 36.4 Å². The van der Waals surface area contributed by atoms with E-state index in [1.165, 1.54) is 11.1 Å². The Kier molecular flexibility index (Phi) is 4.74. The molecule has 0 aliphatic rings. The Bertz CT molecular complexity index is 767. The fourth-order valence-electron chi connectivity index (χ4n) is 3.12. The van der Waals surface area contributed by atoms with Crippen LogP contribution in [0.25, 0.3) is 5.65 Å². The zero-order valence-corrected chi connectivity index (χ0v) is 13.7. The molecule has 0 saturated carbocycles. The summed E-state index contributed by atoms with van der Waals surface area (Å²) in [5.74, 6) is 0. The summed E-state index contributed by atoms with van der Waals surface area (Å²) < 4.78 is 2.15. The number of nitrogens with zero attached hydrogens (tertiary/aromatic N) is 3. The molecule has 0 saturated heterocycles. The van der Waals surface area contributed by atoms with Gasteiger partial charge < -0.3 is 9.51 Å². The summed E-state index contributed by atoms with van der Waals surface area (Å²) in [6, 6.07) is 14.7. The van der Waals surface area contributed by atoms with Crippen LogP contribution in [0.3, 0.4) is 0 Å². The van der Waals surface area contributed by atoms with E-state index in [9.17, 15) is 5.11 Å². The molecule has 0 amide bonds. The molecule has 0 spiro atoms. The molecule has 1 atom stereocenters. The number of hydrogen-bond donors (Lipinski definition) is 1. The van der Waals surface area contributed by atoms with Crippen molar-refractivity contribution < 1.29 is 5.11 Å². The third-order valence-corrected chi connectivity index (χ3v) is 4.34. The van der Waals surface area contributed by atoms with E-state index < -0.39 is 0 Å². The van der Waals surface area contributed by atoms with Gasteiger partial charge in [-0.2, -0.15) is 0 Å². The van der Waals surface area contributed by atoms with E-state index in [2.05, 4.69) is 58.7 Å². The van der Waals surface area contributed by atoms with Crippen LogP contribution in [0.2, 0.25) is 0 Å². The highest BCUT2D eigenvalue weighted by Gasteiger charge is 2.18. The maximum Gasteiger partial charge on any atom is 0.139 e. The van der Waals surface area contributed by atoms with Crippen molar-refractivity contribution >= 4 is 5.65 Å². The number of rotatable bonds is 6. The molecular formula is C19H23N3O. The van der Waals surface area contributed by atoms with Gasteiger partial charge in [-0.05, 0) is 37.6 Å². The van der Waals surface area contributed by atoms with Crippen molar-refractivity contribution in [3.63, 3.8) is 0 Å². The molecule has 120 valence electrons. The minimum atomic E-state index is 0.177. The maximum absolute atomic E-state index is 9.44. The molecule has 23 heavy (non-hydrogen) atoms. The Hall–Kier alpha value is -2.17. The number of aromatic nitrogens is 2. The van der Waals surface area contributed by atoms with E-state index in [1.807, 2.05) is 24.4 Å². The van der Waals surface area contributed by atoms with Crippen molar-refractivity contribution in [2.75, 3.05) is 13.7 Å². The van der Waals surface area contributed by atoms with Gasteiger partial charge in [-0.3, -0.25) is 4.90 Å². The number of aryl methyl sites for hydroxylation is 1. The molecule has 4 nitrogen and oxygen atoms in total. The van der Waals surface area contributed by atoms with Crippen molar-refractivity contribution in [2.24, 2.45) is 0 Å². The molecule has 0 aliphatic carbocycles. The second-order valence-corrected chi connectivity index (χ2v) is 5.99. The Morgan fingerprint density at radius 1 is 1.17 bits per heavy atom. The van der Waals surface area contributed by atoms with Crippen molar-refractivity contribution in [3.8, 4) is 0 Å². The van der Waals surface area contributed by atoms with E-state index >= 15 is 0 Å². The largest absolute Gasteiger partial charge is 0.396 e. The predicted molar refractivity (Wildman–Crippen MR) is 92.3 cm³/mol. The molecule has 1 unspecified atom stereocenters. The van der Waals surface area contributed by atoms with Gasteiger partial charge >= 0.3 is 0 Å². The number of imidazole rings is 1. The van der Waals surface area contributed by atoms with Gasteiger partial charge in [-0.25, -0.2) is 4.98 Å². The summed E-state index contributed by atoms with van der Waals surface area (Å²) in [6.07, 6.45) is 4.72. The van der Waals surface area contributed by atoms with Gasteiger partial charge in [0.2, 0.25) is 0 Å². The minimum absolute atomic E-state index is 0.177. The van der Waals surface area contributed by atoms with Gasteiger partial charge in [0.05, 0.1) is 11.9 Å². The first-order valence-electron chi connectivity index (χ1n) is 7.98. The second-order valence-electron chi connectivity index (χ2n) is 5.99. The highest BCUT2D eigenvalue weighted by atomic mass is 16.3. The molecule has 0 aliphatic heterocycles. The molecule has 3 rings (SSSR count). The lowest BCUT2D eigenvalue weighted by Gasteiger charge is -2.28. The first-order chi connectivity index (χ1) is 11.2.